The molecule has 172 valence electrons. The van der Waals surface area contributed by atoms with Gasteiger partial charge in [0.25, 0.3) is 0 Å². The van der Waals surface area contributed by atoms with Crippen LogP contribution in [0.25, 0.3) is 11.4 Å². The fraction of sp³-hybridized carbons (Fsp3) is 0.455. The molecular weight excluding hydrogens is 478 g/mol. The molecule has 32 heavy (non-hydrogen) atoms. The number of nitrogens with zero attached hydrogens (tertiary/aromatic N) is 4. The van der Waals surface area contributed by atoms with Gasteiger partial charge in [-0.05, 0) is 32.9 Å². The van der Waals surface area contributed by atoms with Crippen LogP contribution < -0.4 is 15.2 Å². The molecule has 9 nitrogen and oxygen atoms in total. The molecule has 0 fully saturated rings. The molecule has 0 spiro atoms. The molecule has 2 N–H and O–H groups in total. The van der Waals surface area contributed by atoms with Gasteiger partial charge in [0.2, 0.25) is 0 Å². The Labute approximate surface area is 195 Å². The zero-order valence-corrected chi connectivity index (χ0v) is 20.3. The van der Waals surface area contributed by atoms with Crippen molar-refractivity contribution < 1.29 is 19.0 Å². The average Bonchev–Trinajstić information content (AvgIpc) is 3.08. The van der Waals surface area contributed by atoms with E-state index in [4.69, 9.17) is 24.9 Å². The van der Waals surface area contributed by atoms with Gasteiger partial charge in [-0.2, -0.15) is 0 Å². The number of hydrogen-bond acceptors (Lipinski definition) is 6. The first kappa shape index (κ1) is 23.8. The fourth-order valence-corrected chi connectivity index (χ4v) is 3.64. The number of amidine groups is 2. The highest BCUT2D eigenvalue weighted by Gasteiger charge is 2.24. The van der Waals surface area contributed by atoms with Crippen LogP contribution in [0.3, 0.4) is 0 Å². The second kappa shape index (κ2) is 10.6. The summed E-state index contributed by atoms with van der Waals surface area (Å²) in [5.41, 5.74) is 7.27. The third-order valence-electron chi connectivity index (χ3n) is 4.57. The van der Waals surface area contributed by atoms with Crippen molar-refractivity contribution in [2.24, 2.45) is 15.7 Å². The summed E-state index contributed by atoms with van der Waals surface area (Å²) in [5, 5.41) is 0.611. The highest BCUT2D eigenvalue weighted by molar-refractivity contribution is 9.09. The van der Waals surface area contributed by atoms with E-state index in [9.17, 15) is 4.79 Å². The number of fused-ring (bicyclic) bond motifs is 3. The molecular formula is C22H28BrN5O4. The van der Waals surface area contributed by atoms with E-state index in [0.29, 0.717) is 53.8 Å². The van der Waals surface area contributed by atoms with E-state index in [0.717, 1.165) is 11.4 Å². The molecule has 2 heterocycles. The van der Waals surface area contributed by atoms with Crippen LogP contribution in [-0.2, 0) is 16.1 Å². The highest BCUT2D eigenvalue weighted by Crippen LogP contribution is 2.35. The lowest BCUT2D eigenvalue weighted by Gasteiger charge is -2.17. The molecule has 0 bridgehead atoms. The minimum absolute atomic E-state index is 0.0483. The third kappa shape index (κ3) is 5.67. The number of halogens is 1. The number of carbonyl (C=O) groups is 1. The number of aromatic nitrogens is 2. The lowest BCUT2D eigenvalue weighted by molar-refractivity contribution is -0.148. The first-order chi connectivity index (χ1) is 15.3. The molecule has 0 saturated heterocycles. The molecule has 1 aliphatic rings. The summed E-state index contributed by atoms with van der Waals surface area (Å²) in [6, 6.07) is 5.49. The standard InChI is InChI=1S/C22H28BrN5O4/c1-13(2)25-20(26-14(3)24)17-12-28-9-10-31-19-11-15(5-6-16(19)21(28)27-17)32-18(7-8-23)22(29)30-4/h5-6,11-13,18H,7-10H2,1-4H3,(H2,24,25,26). The normalized spacial score (nSPS) is 14.8. The monoisotopic (exact) mass is 505 g/mol. The lowest BCUT2D eigenvalue weighted by Crippen LogP contribution is -2.29. The van der Waals surface area contributed by atoms with Gasteiger partial charge >= 0.3 is 5.97 Å². The maximum Gasteiger partial charge on any atom is 0.347 e. The van der Waals surface area contributed by atoms with Crippen LogP contribution in [-0.4, -0.2) is 58.4 Å². The van der Waals surface area contributed by atoms with Crippen LogP contribution >= 0.6 is 15.9 Å². The van der Waals surface area contributed by atoms with Gasteiger partial charge in [0.05, 0.1) is 25.1 Å². The average molecular weight is 506 g/mol. The number of alkyl halides is 1. The van der Waals surface area contributed by atoms with Crippen molar-refractivity contribution >= 4 is 33.6 Å². The molecule has 1 aromatic heterocycles. The number of imidazole rings is 1. The molecule has 10 heteroatoms. The van der Waals surface area contributed by atoms with Gasteiger partial charge in [0.1, 0.15) is 29.6 Å². The summed E-state index contributed by atoms with van der Waals surface area (Å²) < 4.78 is 18.7. The number of nitrogens with two attached hydrogens (primary N) is 1. The minimum atomic E-state index is -0.705. The molecule has 0 radical (unpaired) electrons. The number of hydrogen-bond donors (Lipinski definition) is 1. The zero-order valence-electron chi connectivity index (χ0n) is 18.7. The van der Waals surface area contributed by atoms with E-state index < -0.39 is 12.1 Å². The molecule has 0 aliphatic carbocycles. The first-order valence-corrected chi connectivity index (χ1v) is 11.5. The summed E-state index contributed by atoms with van der Waals surface area (Å²) in [7, 11) is 1.34. The summed E-state index contributed by atoms with van der Waals surface area (Å²) in [6.07, 6.45) is 1.69. The summed E-state index contributed by atoms with van der Waals surface area (Å²) in [6.45, 7) is 6.74. The lowest BCUT2D eigenvalue weighted by atomic mass is 10.1. The van der Waals surface area contributed by atoms with Crippen LogP contribution in [0.2, 0.25) is 0 Å². The van der Waals surface area contributed by atoms with Crippen molar-refractivity contribution in [2.45, 2.75) is 45.9 Å². The van der Waals surface area contributed by atoms with Crippen LogP contribution in [0, 0.1) is 0 Å². The van der Waals surface area contributed by atoms with Crippen molar-refractivity contribution in [3.05, 3.63) is 30.1 Å². The quantitative estimate of drug-likeness (QED) is 0.267. The van der Waals surface area contributed by atoms with Crippen molar-refractivity contribution in [1.29, 1.82) is 0 Å². The third-order valence-corrected chi connectivity index (χ3v) is 5.02. The van der Waals surface area contributed by atoms with Gasteiger partial charge in [-0.25, -0.2) is 14.8 Å². The van der Waals surface area contributed by atoms with Crippen molar-refractivity contribution in [3.63, 3.8) is 0 Å². The second-order valence-electron chi connectivity index (χ2n) is 7.56. The largest absolute Gasteiger partial charge is 0.491 e. The Morgan fingerprint density at radius 1 is 1.41 bits per heavy atom. The van der Waals surface area contributed by atoms with E-state index >= 15 is 0 Å². The number of carbonyl (C=O) groups excluding carboxylic acids is 1. The Bertz CT molecular complexity index is 1030. The molecule has 1 aliphatic heterocycles. The van der Waals surface area contributed by atoms with E-state index in [1.54, 1.807) is 19.1 Å². The summed E-state index contributed by atoms with van der Waals surface area (Å²) in [4.78, 5) is 25.7. The number of methoxy groups -OCH3 is 1. The predicted octanol–water partition coefficient (Wildman–Crippen LogP) is 3.18. The van der Waals surface area contributed by atoms with Gasteiger partial charge in [-0.3, -0.25) is 4.99 Å². The number of rotatable bonds is 7. The van der Waals surface area contributed by atoms with Crippen LogP contribution in [0.5, 0.6) is 11.5 Å². The van der Waals surface area contributed by atoms with E-state index in [1.807, 2.05) is 30.7 Å². The molecule has 2 aromatic rings. The second-order valence-corrected chi connectivity index (χ2v) is 8.35. The Morgan fingerprint density at radius 3 is 2.84 bits per heavy atom. The Balaban J connectivity index is 1.96. The number of benzene rings is 1. The molecule has 1 unspecified atom stereocenters. The van der Waals surface area contributed by atoms with Gasteiger partial charge in [-0.15, -0.1) is 0 Å². The van der Waals surface area contributed by atoms with E-state index in [1.165, 1.54) is 7.11 Å². The summed E-state index contributed by atoms with van der Waals surface area (Å²) >= 11 is 3.34. The zero-order chi connectivity index (χ0) is 23.3. The molecule has 0 amide bonds. The summed E-state index contributed by atoms with van der Waals surface area (Å²) in [5.74, 6) is 2.38. The molecule has 0 saturated carbocycles. The van der Waals surface area contributed by atoms with E-state index in [2.05, 4.69) is 25.9 Å². The maximum atomic E-state index is 12.0. The van der Waals surface area contributed by atoms with Crippen molar-refractivity contribution in [1.82, 2.24) is 9.55 Å². The maximum absolute atomic E-state index is 12.0. The first-order valence-electron chi connectivity index (χ1n) is 10.4. The van der Waals surface area contributed by atoms with Crippen LogP contribution in [0.15, 0.2) is 34.4 Å². The SMILES string of the molecule is COC(=O)C(CCBr)Oc1ccc2c(c1)OCCn1cc(C(N=C(C)N)=NC(C)C)nc1-2. The van der Waals surface area contributed by atoms with Crippen LogP contribution in [0.1, 0.15) is 32.9 Å². The van der Waals surface area contributed by atoms with Gasteiger partial charge < -0.3 is 24.5 Å². The fourth-order valence-electron chi connectivity index (χ4n) is 3.23. The topological polar surface area (TPSA) is 113 Å². The molecule has 1 aromatic carbocycles. The Kier molecular flexibility index (Phi) is 7.89. The Morgan fingerprint density at radius 2 is 2.19 bits per heavy atom. The van der Waals surface area contributed by atoms with Crippen molar-refractivity contribution in [2.75, 3.05) is 19.0 Å². The van der Waals surface area contributed by atoms with Gasteiger partial charge in [0, 0.05) is 30.1 Å². The minimum Gasteiger partial charge on any atom is -0.491 e. The smallest absolute Gasteiger partial charge is 0.347 e. The molecule has 1 atom stereocenters. The number of esters is 1. The number of aliphatic imine (C=N–C) groups is 2. The van der Waals surface area contributed by atoms with Crippen molar-refractivity contribution in [3.8, 4) is 22.9 Å². The van der Waals surface area contributed by atoms with E-state index in [-0.39, 0.29) is 6.04 Å². The Hall–Kier alpha value is -2.88. The number of ether oxygens (including phenoxy) is 3. The van der Waals surface area contributed by atoms with Gasteiger partial charge in [0.15, 0.2) is 11.9 Å². The molecule has 3 rings (SSSR count). The van der Waals surface area contributed by atoms with Gasteiger partial charge in [-0.1, -0.05) is 15.9 Å². The van der Waals surface area contributed by atoms with Crippen LogP contribution in [0.4, 0.5) is 0 Å². The predicted molar refractivity (Wildman–Crippen MR) is 127 cm³/mol. The highest BCUT2D eigenvalue weighted by atomic mass is 79.9.